The number of nitrogens with one attached hydrogen (secondary N) is 1. The van der Waals surface area contributed by atoms with Crippen molar-refractivity contribution in [3.8, 4) is 17.2 Å². The molecule has 0 saturated heterocycles. The summed E-state index contributed by atoms with van der Waals surface area (Å²) in [5.74, 6) is 1.35. The largest absolute Gasteiger partial charge is 0.493 e. The van der Waals surface area contributed by atoms with Gasteiger partial charge in [0.2, 0.25) is 5.75 Å². The topological polar surface area (TPSA) is 66.0 Å². The van der Waals surface area contributed by atoms with Crippen LogP contribution >= 0.6 is 0 Å². The normalized spacial score (nSPS) is 18.0. The van der Waals surface area contributed by atoms with Gasteiger partial charge in [0.05, 0.1) is 27.9 Å². The number of methoxy groups -OCH3 is 3. The summed E-state index contributed by atoms with van der Waals surface area (Å²) in [6.45, 7) is 4.15. The Kier molecular flexibility index (Phi) is 5.36. The predicted octanol–water partition coefficient (Wildman–Crippen LogP) is 2.15. The molecule has 0 fully saturated rings. The predicted molar refractivity (Wildman–Crippen MR) is 87.0 cm³/mol. The first-order chi connectivity index (χ1) is 11.0. The number of hydrogen-bond acceptors (Lipinski definition) is 6. The van der Waals surface area contributed by atoms with Gasteiger partial charge in [-0.2, -0.15) is 0 Å². The van der Waals surface area contributed by atoms with Crippen molar-refractivity contribution >= 4 is 11.7 Å². The number of esters is 1. The van der Waals surface area contributed by atoms with Crippen molar-refractivity contribution in [2.24, 2.45) is 0 Å². The molecule has 1 aromatic carbocycles. The Balaban J connectivity index is 2.62. The molecule has 2 rings (SSSR count). The van der Waals surface area contributed by atoms with Crippen molar-refractivity contribution in [2.75, 3.05) is 27.9 Å². The van der Waals surface area contributed by atoms with Crippen LogP contribution in [0.2, 0.25) is 0 Å². The van der Waals surface area contributed by atoms with Crippen molar-refractivity contribution in [3.05, 3.63) is 23.3 Å². The second-order valence-corrected chi connectivity index (χ2v) is 5.23. The van der Waals surface area contributed by atoms with E-state index >= 15 is 0 Å². The van der Waals surface area contributed by atoms with E-state index in [1.165, 1.54) is 6.08 Å². The smallest absolute Gasteiger partial charge is 0.332 e. The first-order valence-electron chi connectivity index (χ1n) is 7.52. The molecule has 1 aliphatic heterocycles. The molecular formula is C17H23NO5. The van der Waals surface area contributed by atoms with Gasteiger partial charge in [0, 0.05) is 28.9 Å². The maximum atomic E-state index is 11.8. The SMILES string of the molecule is CCOC(=O)C=C1NC(C)Cc2c1cc(OC)c(OC)c2OC. The average Bonchev–Trinajstić information content (AvgIpc) is 2.53. The van der Waals surface area contributed by atoms with E-state index in [9.17, 15) is 4.79 Å². The van der Waals surface area contributed by atoms with Crippen LogP contribution in [0.15, 0.2) is 12.1 Å². The van der Waals surface area contributed by atoms with Crippen LogP contribution in [0, 0.1) is 0 Å². The molecule has 0 aromatic heterocycles. The van der Waals surface area contributed by atoms with Crippen LogP contribution in [0.5, 0.6) is 17.2 Å². The molecule has 1 atom stereocenters. The maximum Gasteiger partial charge on any atom is 0.332 e. The Morgan fingerprint density at radius 3 is 2.52 bits per heavy atom. The van der Waals surface area contributed by atoms with Crippen molar-refractivity contribution in [3.63, 3.8) is 0 Å². The summed E-state index contributed by atoms with van der Waals surface area (Å²) in [4.78, 5) is 11.8. The van der Waals surface area contributed by atoms with Gasteiger partial charge in [0.25, 0.3) is 0 Å². The third-order valence-electron chi connectivity index (χ3n) is 3.68. The second-order valence-electron chi connectivity index (χ2n) is 5.23. The van der Waals surface area contributed by atoms with Gasteiger partial charge in [-0.15, -0.1) is 0 Å². The molecule has 1 aromatic rings. The Morgan fingerprint density at radius 2 is 1.96 bits per heavy atom. The number of fused-ring (bicyclic) bond motifs is 1. The van der Waals surface area contributed by atoms with Gasteiger partial charge >= 0.3 is 5.97 Å². The van der Waals surface area contributed by atoms with Gasteiger partial charge in [0.1, 0.15) is 0 Å². The van der Waals surface area contributed by atoms with Crippen LogP contribution in [-0.4, -0.2) is 39.9 Å². The number of benzene rings is 1. The molecule has 1 heterocycles. The molecule has 1 N–H and O–H groups in total. The molecule has 6 heteroatoms. The minimum Gasteiger partial charge on any atom is -0.493 e. The van der Waals surface area contributed by atoms with E-state index in [0.717, 1.165) is 17.5 Å². The first kappa shape index (κ1) is 17.0. The van der Waals surface area contributed by atoms with E-state index < -0.39 is 0 Å². The van der Waals surface area contributed by atoms with Gasteiger partial charge in [-0.3, -0.25) is 0 Å². The summed E-state index contributed by atoms with van der Waals surface area (Å²) in [6, 6.07) is 2.00. The zero-order valence-electron chi connectivity index (χ0n) is 14.2. The highest BCUT2D eigenvalue weighted by molar-refractivity contribution is 5.92. The molecule has 0 bridgehead atoms. The number of carbonyl (C=O) groups excluding carboxylic acids is 1. The minimum atomic E-state index is -0.385. The van der Waals surface area contributed by atoms with Crippen LogP contribution in [0.25, 0.3) is 5.70 Å². The van der Waals surface area contributed by atoms with Crippen LogP contribution in [0.4, 0.5) is 0 Å². The Morgan fingerprint density at radius 1 is 1.26 bits per heavy atom. The molecule has 0 saturated carbocycles. The monoisotopic (exact) mass is 321 g/mol. The molecule has 0 spiro atoms. The summed E-state index contributed by atoms with van der Waals surface area (Å²) in [6.07, 6.45) is 2.21. The summed E-state index contributed by atoms with van der Waals surface area (Å²) in [5.41, 5.74) is 2.52. The van der Waals surface area contributed by atoms with E-state index in [1.54, 1.807) is 28.3 Å². The van der Waals surface area contributed by atoms with E-state index in [1.807, 2.05) is 13.0 Å². The van der Waals surface area contributed by atoms with E-state index in [4.69, 9.17) is 18.9 Å². The fourth-order valence-corrected chi connectivity index (χ4v) is 2.78. The van der Waals surface area contributed by atoms with Crippen molar-refractivity contribution < 1.29 is 23.7 Å². The standard InChI is InChI=1S/C17H23NO5/c1-6-23-15(19)9-13-11-8-14(20-3)17(22-5)16(21-4)12(11)7-10(2)18-13/h8-10,18H,6-7H2,1-5H3. The summed E-state index contributed by atoms with van der Waals surface area (Å²) < 4.78 is 21.4. The highest BCUT2D eigenvalue weighted by Crippen LogP contribution is 2.45. The lowest BCUT2D eigenvalue weighted by Crippen LogP contribution is -2.33. The van der Waals surface area contributed by atoms with E-state index in [-0.39, 0.29) is 12.0 Å². The van der Waals surface area contributed by atoms with Gasteiger partial charge in [-0.1, -0.05) is 0 Å². The number of hydrogen-bond donors (Lipinski definition) is 1. The third kappa shape index (κ3) is 3.36. The summed E-state index contributed by atoms with van der Waals surface area (Å²) >= 11 is 0. The van der Waals surface area contributed by atoms with E-state index in [2.05, 4.69) is 5.32 Å². The van der Waals surface area contributed by atoms with E-state index in [0.29, 0.717) is 29.6 Å². The van der Waals surface area contributed by atoms with Crippen LogP contribution < -0.4 is 19.5 Å². The van der Waals surface area contributed by atoms with Crippen LogP contribution in [0.3, 0.4) is 0 Å². The van der Waals surface area contributed by atoms with Crippen LogP contribution in [-0.2, 0) is 16.0 Å². The molecule has 6 nitrogen and oxygen atoms in total. The Hall–Kier alpha value is -2.37. The highest BCUT2D eigenvalue weighted by atomic mass is 16.5. The fraction of sp³-hybridized carbons (Fsp3) is 0.471. The molecule has 1 aliphatic rings. The van der Waals surface area contributed by atoms with Crippen LogP contribution in [0.1, 0.15) is 25.0 Å². The zero-order chi connectivity index (χ0) is 17.0. The number of rotatable bonds is 5. The van der Waals surface area contributed by atoms with Crippen molar-refractivity contribution in [1.82, 2.24) is 5.32 Å². The van der Waals surface area contributed by atoms with Gasteiger partial charge in [-0.05, 0) is 26.3 Å². The quantitative estimate of drug-likeness (QED) is 0.662. The Bertz CT molecular complexity index is 624. The minimum absolute atomic E-state index is 0.148. The van der Waals surface area contributed by atoms with Gasteiger partial charge in [0.15, 0.2) is 11.5 Å². The molecule has 0 aliphatic carbocycles. The average molecular weight is 321 g/mol. The van der Waals surface area contributed by atoms with Gasteiger partial charge in [-0.25, -0.2) is 4.79 Å². The zero-order valence-corrected chi connectivity index (χ0v) is 14.2. The van der Waals surface area contributed by atoms with Crippen molar-refractivity contribution in [2.45, 2.75) is 26.3 Å². The fourth-order valence-electron chi connectivity index (χ4n) is 2.78. The third-order valence-corrected chi connectivity index (χ3v) is 3.68. The highest BCUT2D eigenvalue weighted by Gasteiger charge is 2.28. The van der Waals surface area contributed by atoms with Gasteiger partial charge < -0.3 is 24.3 Å². The number of ether oxygens (including phenoxy) is 4. The maximum absolute atomic E-state index is 11.8. The lowest BCUT2D eigenvalue weighted by molar-refractivity contribution is -0.137. The summed E-state index contributed by atoms with van der Waals surface area (Å²) in [7, 11) is 4.74. The first-order valence-corrected chi connectivity index (χ1v) is 7.52. The Labute approximate surface area is 136 Å². The summed E-state index contributed by atoms with van der Waals surface area (Å²) in [5, 5.41) is 3.31. The second kappa shape index (κ2) is 7.26. The lowest BCUT2D eigenvalue weighted by Gasteiger charge is -2.29. The molecule has 0 radical (unpaired) electrons. The van der Waals surface area contributed by atoms with Crippen molar-refractivity contribution in [1.29, 1.82) is 0 Å². The molecular weight excluding hydrogens is 298 g/mol. The number of carbonyl (C=O) groups is 1. The lowest BCUT2D eigenvalue weighted by atomic mass is 9.92. The molecule has 1 unspecified atom stereocenters. The molecule has 0 amide bonds. The molecule has 126 valence electrons. The molecule has 23 heavy (non-hydrogen) atoms.